The molecule has 1 saturated heterocycles. The van der Waals surface area contributed by atoms with Gasteiger partial charge in [-0.25, -0.2) is 0 Å². The van der Waals surface area contributed by atoms with Crippen molar-refractivity contribution in [2.24, 2.45) is 0 Å². The van der Waals surface area contributed by atoms with Crippen molar-refractivity contribution in [2.45, 2.75) is 12.6 Å². The Labute approximate surface area is 90.3 Å². The Morgan fingerprint density at radius 3 is 2.87 bits per heavy atom. The largest absolute Gasteiger partial charge is 0.394 e. The topological polar surface area (TPSA) is 32.7 Å². The second-order valence-corrected chi connectivity index (χ2v) is 3.90. The number of hydrogen-bond acceptors (Lipinski definition) is 3. The smallest absolute Gasteiger partial charge is 0.0933 e. The highest BCUT2D eigenvalue weighted by molar-refractivity contribution is 5.14. The number of morpholine rings is 1. The van der Waals surface area contributed by atoms with Crippen LogP contribution in [-0.4, -0.2) is 42.4 Å². The van der Waals surface area contributed by atoms with E-state index in [9.17, 15) is 0 Å². The molecule has 0 saturated carbocycles. The maximum absolute atomic E-state index is 9.02. The first-order chi connectivity index (χ1) is 7.38. The third-order valence-corrected chi connectivity index (χ3v) is 2.68. The molecule has 0 unspecified atom stereocenters. The molecular weight excluding hydrogens is 190 g/mol. The van der Waals surface area contributed by atoms with Gasteiger partial charge in [0, 0.05) is 19.6 Å². The molecule has 1 aliphatic heterocycles. The molecule has 3 heteroatoms. The first-order valence-electron chi connectivity index (χ1n) is 5.37. The number of aliphatic hydroxyl groups excluding tert-OH is 1. The van der Waals surface area contributed by atoms with Crippen molar-refractivity contribution >= 4 is 0 Å². The van der Waals surface area contributed by atoms with E-state index in [0.29, 0.717) is 0 Å². The van der Waals surface area contributed by atoms with Gasteiger partial charge in [0.25, 0.3) is 0 Å². The van der Waals surface area contributed by atoms with Crippen molar-refractivity contribution in [1.82, 2.24) is 4.90 Å². The molecule has 0 bridgehead atoms. The van der Waals surface area contributed by atoms with Gasteiger partial charge in [-0.15, -0.1) is 0 Å². The molecule has 0 spiro atoms. The standard InChI is InChI=1S/C12H17NO2/c14-10-12-9-13(6-7-15-12)8-11-4-2-1-3-5-11/h1-5,12,14H,6-10H2/t12-/m0/s1. The van der Waals surface area contributed by atoms with E-state index < -0.39 is 0 Å². The highest BCUT2D eigenvalue weighted by atomic mass is 16.5. The fourth-order valence-electron chi connectivity index (χ4n) is 1.88. The molecule has 0 aromatic heterocycles. The van der Waals surface area contributed by atoms with Gasteiger partial charge in [0.2, 0.25) is 0 Å². The lowest BCUT2D eigenvalue weighted by molar-refractivity contribution is -0.0551. The van der Waals surface area contributed by atoms with Crippen LogP contribution in [0.1, 0.15) is 5.56 Å². The zero-order valence-corrected chi connectivity index (χ0v) is 8.80. The molecule has 2 rings (SSSR count). The summed E-state index contributed by atoms with van der Waals surface area (Å²) in [5.74, 6) is 0. The van der Waals surface area contributed by atoms with Crippen molar-refractivity contribution in [3.8, 4) is 0 Å². The van der Waals surface area contributed by atoms with Crippen molar-refractivity contribution in [3.63, 3.8) is 0 Å². The summed E-state index contributed by atoms with van der Waals surface area (Å²) in [5.41, 5.74) is 1.32. The summed E-state index contributed by atoms with van der Waals surface area (Å²) in [4.78, 5) is 2.32. The average Bonchev–Trinajstić information content (AvgIpc) is 2.31. The van der Waals surface area contributed by atoms with Crippen LogP contribution < -0.4 is 0 Å². The highest BCUT2D eigenvalue weighted by Crippen LogP contribution is 2.09. The summed E-state index contributed by atoms with van der Waals surface area (Å²) in [6.07, 6.45) is -0.0116. The van der Waals surface area contributed by atoms with E-state index in [1.165, 1.54) is 5.56 Å². The first-order valence-corrected chi connectivity index (χ1v) is 5.37. The molecule has 0 radical (unpaired) electrons. The number of hydrogen-bond donors (Lipinski definition) is 1. The predicted octanol–water partition coefficient (Wildman–Crippen LogP) is 0.880. The Morgan fingerprint density at radius 2 is 2.13 bits per heavy atom. The summed E-state index contributed by atoms with van der Waals surface area (Å²) in [6, 6.07) is 10.4. The third-order valence-electron chi connectivity index (χ3n) is 2.68. The minimum Gasteiger partial charge on any atom is -0.394 e. The molecule has 1 aromatic rings. The first kappa shape index (κ1) is 10.6. The Kier molecular flexibility index (Phi) is 3.72. The van der Waals surface area contributed by atoms with Gasteiger partial charge in [-0.2, -0.15) is 0 Å². The summed E-state index contributed by atoms with van der Waals surface area (Å²) >= 11 is 0. The molecule has 1 aliphatic rings. The quantitative estimate of drug-likeness (QED) is 0.798. The van der Waals surface area contributed by atoms with Crippen LogP contribution in [0.5, 0.6) is 0 Å². The van der Waals surface area contributed by atoms with Gasteiger partial charge in [0.1, 0.15) is 0 Å². The van der Waals surface area contributed by atoms with Crippen molar-refractivity contribution in [3.05, 3.63) is 35.9 Å². The second kappa shape index (κ2) is 5.26. The van der Waals surface area contributed by atoms with E-state index in [4.69, 9.17) is 9.84 Å². The Morgan fingerprint density at radius 1 is 1.33 bits per heavy atom. The van der Waals surface area contributed by atoms with Crippen LogP contribution in [0.2, 0.25) is 0 Å². The van der Waals surface area contributed by atoms with E-state index in [1.54, 1.807) is 0 Å². The molecule has 0 amide bonds. The molecule has 15 heavy (non-hydrogen) atoms. The van der Waals surface area contributed by atoms with Crippen LogP contribution in [0, 0.1) is 0 Å². The normalized spacial score (nSPS) is 22.9. The monoisotopic (exact) mass is 207 g/mol. The van der Waals surface area contributed by atoms with E-state index in [1.807, 2.05) is 6.07 Å². The van der Waals surface area contributed by atoms with Crippen LogP contribution in [0.3, 0.4) is 0 Å². The minimum atomic E-state index is -0.0116. The van der Waals surface area contributed by atoms with Crippen molar-refractivity contribution in [2.75, 3.05) is 26.3 Å². The van der Waals surface area contributed by atoms with Gasteiger partial charge in [-0.3, -0.25) is 4.90 Å². The summed E-state index contributed by atoms with van der Waals surface area (Å²) in [5, 5.41) is 9.02. The zero-order chi connectivity index (χ0) is 10.5. The lowest BCUT2D eigenvalue weighted by Crippen LogP contribution is -2.43. The third kappa shape index (κ3) is 3.02. The lowest BCUT2D eigenvalue weighted by atomic mass is 10.2. The second-order valence-electron chi connectivity index (χ2n) is 3.90. The number of aliphatic hydroxyl groups is 1. The summed E-state index contributed by atoms with van der Waals surface area (Å²) in [6.45, 7) is 3.56. The minimum absolute atomic E-state index is 0.0116. The van der Waals surface area contributed by atoms with Gasteiger partial charge < -0.3 is 9.84 Å². The van der Waals surface area contributed by atoms with Crippen molar-refractivity contribution in [1.29, 1.82) is 0 Å². The van der Waals surface area contributed by atoms with Crippen LogP contribution in [0.4, 0.5) is 0 Å². The van der Waals surface area contributed by atoms with E-state index >= 15 is 0 Å². The van der Waals surface area contributed by atoms with Crippen LogP contribution in [0.15, 0.2) is 30.3 Å². The zero-order valence-electron chi connectivity index (χ0n) is 8.80. The molecule has 1 atom stereocenters. The number of nitrogens with zero attached hydrogens (tertiary/aromatic N) is 1. The molecule has 1 N–H and O–H groups in total. The highest BCUT2D eigenvalue weighted by Gasteiger charge is 2.19. The van der Waals surface area contributed by atoms with Gasteiger partial charge in [0.15, 0.2) is 0 Å². The number of ether oxygens (including phenoxy) is 1. The molecule has 0 aliphatic carbocycles. The molecular formula is C12H17NO2. The van der Waals surface area contributed by atoms with Crippen LogP contribution in [-0.2, 0) is 11.3 Å². The fraction of sp³-hybridized carbons (Fsp3) is 0.500. The fourth-order valence-corrected chi connectivity index (χ4v) is 1.88. The molecule has 1 heterocycles. The Balaban J connectivity index is 1.89. The lowest BCUT2D eigenvalue weighted by Gasteiger charge is -2.31. The summed E-state index contributed by atoms with van der Waals surface area (Å²) in [7, 11) is 0. The van der Waals surface area contributed by atoms with E-state index in [-0.39, 0.29) is 12.7 Å². The van der Waals surface area contributed by atoms with Crippen molar-refractivity contribution < 1.29 is 9.84 Å². The summed E-state index contributed by atoms with van der Waals surface area (Å²) < 4.78 is 5.40. The average molecular weight is 207 g/mol. The van der Waals surface area contributed by atoms with E-state index in [0.717, 1.165) is 26.2 Å². The SMILES string of the molecule is OC[C@@H]1CN(Cc2ccccc2)CCO1. The van der Waals surface area contributed by atoms with Crippen LogP contribution in [0.25, 0.3) is 0 Å². The molecule has 82 valence electrons. The van der Waals surface area contributed by atoms with Gasteiger partial charge in [0.05, 0.1) is 19.3 Å². The molecule has 1 fully saturated rings. The predicted molar refractivity (Wildman–Crippen MR) is 58.5 cm³/mol. The Hall–Kier alpha value is -0.900. The maximum Gasteiger partial charge on any atom is 0.0933 e. The van der Waals surface area contributed by atoms with Crippen LogP contribution >= 0.6 is 0 Å². The maximum atomic E-state index is 9.02. The molecule has 1 aromatic carbocycles. The van der Waals surface area contributed by atoms with E-state index in [2.05, 4.69) is 29.2 Å². The Bertz CT molecular complexity index is 289. The van der Waals surface area contributed by atoms with Gasteiger partial charge in [-0.1, -0.05) is 30.3 Å². The van der Waals surface area contributed by atoms with Gasteiger partial charge in [-0.05, 0) is 5.56 Å². The number of rotatable bonds is 3. The molecule has 3 nitrogen and oxygen atoms in total. The van der Waals surface area contributed by atoms with Gasteiger partial charge >= 0.3 is 0 Å². The number of benzene rings is 1.